The number of hydrogen-bond acceptors (Lipinski definition) is 3. The van der Waals surface area contributed by atoms with Gasteiger partial charge in [0.15, 0.2) is 0 Å². The molecule has 2 aromatic rings. The van der Waals surface area contributed by atoms with Crippen molar-refractivity contribution in [2.24, 2.45) is 0 Å². The zero-order chi connectivity index (χ0) is 22.6. The summed E-state index contributed by atoms with van der Waals surface area (Å²) in [7, 11) is 0. The lowest BCUT2D eigenvalue weighted by atomic mass is 10.1. The maximum Gasteiger partial charge on any atom is 0.242 e. The molecule has 0 fully saturated rings. The molecule has 168 valence electrons. The van der Waals surface area contributed by atoms with Crippen molar-refractivity contribution in [1.82, 2.24) is 10.2 Å². The minimum atomic E-state index is -0.527. The van der Waals surface area contributed by atoms with Gasteiger partial charge in [-0.3, -0.25) is 9.59 Å². The number of hydrogen-bond donors (Lipinski definition) is 1. The highest BCUT2D eigenvalue weighted by molar-refractivity contribution is 7.99. The fourth-order valence-corrected chi connectivity index (χ4v) is 4.50. The van der Waals surface area contributed by atoms with Gasteiger partial charge >= 0.3 is 0 Å². The molecular formula is C24H30ClFN2O2S. The summed E-state index contributed by atoms with van der Waals surface area (Å²) in [6.07, 6.45) is 2.02. The van der Waals surface area contributed by atoms with Crippen LogP contribution in [0.4, 0.5) is 4.39 Å². The summed E-state index contributed by atoms with van der Waals surface area (Å²) >= 11 is 7.39. The van der Waals surface area contributed by atoms with E-state index >= 15 is 0 Å². The number of rotatable bonds is 12. The van der Waals surface area contributed by atoms with Crippen LogP contribution in [0.25, 0.3) is 0 Å². The molecule has 1 atom stereocenters. The first-order valence-electron chi connectivity index (χ1n) is 10.6. The van der Waals surface area contributed by atoms with Gasteiger partial charge in [0.25, 0.3) is 0 Å². The van der Waals surface area contributed by atoms with Gasteiger partial charge in [0.05, 0.1) is 5.75 Å². The van der Waals surface area contributed by atoms with E-state index in [0.717, 1.165) is 12.0 Å². The topological polar surface area (TPSA) is 49.4 Å². The van der Waals surface area contributed by atoms with Crippen LogP contribution < -0.4 is 5.32 Å². The lowest BCUT2D eigenvalue weighted by Gasteiger charge is -2.30. The van der Waals surface area contributed by atoms with Gasteiger partial charge in [0.1, 0.15) is 11.9 Å². The quantitative estimate of drug-likeness (QED) is 0.476. The van der Waals surface area contributed by atoms with Crippen LogP contribution in [-0.2, 0) is 21.8 Å². The van der Waals surface area contributed by atoms with Crippen molar-refractivity contribution in [3.63, 3.8) is 0 Å². The van der Waals surface area contributed by atoms with Gasteiger partial charge in [-0.25, -0.2) is 4.39 Å². The second-order valence-corrected chi connectivity index (χ2v) is 8.62. The zero-order valence-corrected chi connectivity index (χ0v) is 19.6. The van der Waals surface area contributed by atoms with E-state index < -0.39 is 6.04 Å². The van der Waals surface area contributed by atoms with Crippen molar-refractivity contribution in [1.29, 1.82) is 0 Å². The fraction of sp³-hybridized carbons (Fsp3) is 0.417. The second kappa shape index (κ2) is 13.4. The highest BCUT2D eigenvalue weighted by atomic mass is 35.5. The minimum Gasteiger partial charge on any atom is -0.354 e. The first-order valence-corrected chi connectivity index (χ1v) is 12.1. The average molecular weight is 465 g/mol. The number of halogens is 2. The molecule has 0 aliphatic heterocycles. The number of amides is 2. The predicted molar refractivity (Wildman–Crippen MR) is 127 cm³/mol. The van der Waals surface area contributed by atoms with Gasteiger partial charge in [-0.2, -0.15) is 0 Å². The minimum absolute atomic E-state index is 0.132. The van der Waals surface area contributed by atoms with E-state index in [1.165, 1.54) is 17.8 Å². The Labute approximate surface area is 193 Å². The van der Waals surface area contributed by atoms with Gasteiger partial charge in [-0.05, 0) is 37.0 Å². The molecule has 7 heteroatoms. The monoisotopic (exact) mass is 464 g/mol. The van der Waals surface area contributed by atoms with Crippen molar-refractivity contribution in [2.45, 2.75) is 44.9 Å². The average Bonchev–Trinajstić information content (AvgIpc) is 2.77. The van der Waals surface area contributed by atoms with E-state index in [2.05, 4.69) is 5.32 Å². The molecule has 0 saturated carbocycles. The SMILES string of the molecule is CCCNC(=O)[C@@H](CC)N(CCc1ccccc1)C(=O)CSCc1c(F)cccc1Cl. The van der Waals surface area contributed by atoms with Crippen LogP contribution in [0.15, 0.2) is 48.5 Å². The summed E-state index contributed by atoms with van der Waals surface area (Å²) in [5.41, 5.74) is 1.50. The number of nitrogens with one attached hydrogen (secondary N) is 1. The molecule has 1 N–H and O–H groups in total. The highest BCUT2D eigenvalue weighted by Gasteiger charge is 2.28. The van der Waals surface area contributed by atoms with Crippen molar-refractivity contribution >= 4 is 35.2 Å². The lowest BCUT2D eigenvalue weighted by Crippen LogP contribution is -2.50. The van der Waals surface area contributed by atoms with Gasteiger partial charge in [-0.15, -0.1) is 11.8 Å². The highest BCUT2D eigenvalue weighted by Crippen LogP contribution is 2.24. The van der Waals surface area contributed by atoms with E-state index in [0.29, 0.717) is 42.3 Å². The molecule has 2 aromatic carbocycles. The van der Waals surface area contributed by atoms with Crippen molar-refractivity contribution in [2.75, 3.05) is 18.8 Å². The summed E-state index contributed by atoms with van der Waals surface area (Å²) in [5.74, 6) is -0.196. The first-order chi connectivity index (χ1) is 15.0. The number of carbonyl (C=O) groups is 2. The lowest BCUT2D eigenvalue weighted by molar-refractivity contribution is -0.138. The summed E-state index contributed by atoms with van der Waals surface area (Å²) < 4.78 is 14.0. The first kappa shape index (κ1) is 25.2. The Balaban J connectivity index is 2.07. The Morgan fingerprint density at radius 3 is 2.52 bits per heavy atom. The predicted octanol–water partition coefficient (Wildman–Crippen LogP) is 5.09. The van der Waals surface area contributed by atoms with Crippen LogP contribution in [0.1, 0.15) is 37.8 Å². The number of nitrogens with zero attached hydrogens (tertiary/aromatic N) is 1. The Hall–Kier alpha value is -2.05. The third kappa shape index (κ3) is 7.86. The zero-order valence-electron chi connectivity index (χ0n) is 18.1. The van der Waals surface area contributed by atoms with E-state index in [1.54, 1.807) is 17.0 Å². The maximum atomic E-state index is 14.0. The summed E-state index contributed by atoms with van der Waals surface area (Å²) in [5, 5.41) is 3.26. The molecular weight excluding hydrogens is 435 g/mol. The largest absolute Gasteiger partial charge is 0.354 e. The molecule has 0 saturated heterocycles. The smallest absolute Gasteiger partial charge is 0.242 e. The third-order valence-corrected chi connectivity index (χ3v) is 6.25. The molecule has 0 unspecified atom stereocenters. The van der Waals surface area contributed by atoms with Crippen molar-refractivity contribution in [3.8, 4) is 0 Å². The molecule has 0 bridgehead atoms. The second-order valence-electron chi connectivity index (χ2n) is 7.23. The van der Waals surface area contributed by atoms with Crippen LogP contribution in [0.5, 0.6) is 0 Å². The normalized spacial score (nSPS) is 11.7. The summed E-state index contributed by atoms with van der Waals surface area (Å²) in [4.78, 5) is 27.5. The fourth-order valence-electron chi connectivity index (χ4n) is 3.26. The van der Waals surface area contributed by atoms with Crippen LogP contribution in [-0.4, -0.2) is 41.6 Å². The Bertz CT molecular complexity index is 830. The van der Waals surface area contributed by atoms with Crippen LogP contribution >= 0.6 is 23.4 Å². The summed E-state index contributed by atoms with van der Waals surface area (Å²) in [6.45, 7) is 4.92. The van der Waals surface area contributed by atoms with Gasteiger partial charge in [0, 0.05) is 29.4 Å². The van der Waals surface area contributed by atoms with Gasteiger partial charge in [-0.1, -0.05) is 61.8 Å². The molecule has 31 heavy (non-hydrogen) atoms. The van der Waals surface area contributed by atoms with Crippen LogP contribution in [0.2, 0.25) is 5.02 Å². The number of thioether (sulfide) groups is 1. The van der Waals surface area contributed by atoms with E-state index in [1.807, 2.05) is 44.2 Å². The van der Waals surface area contributed by atoms with Gasteiger partial charge in [0.2, 0.25) is 11.8 Å². The molecule has 4 nitrogen and oxygen atoms in total. The standard InChI is InChI=1S/C24H30ClFN2O2S/c1-3-14-27-24(30)22(4-2)28(15-13-18-9-6-5-7-10-18)23(29)17-31-16-19-20(25)11-8-12-21(19)26/h5-12,22H,3-4,13-17H2,1-2H3,(H,27,30)/t22-/m1/s1. The van der Waals surface area contributed by atoms with Crippen molar-refractivity contribution < 1.29 is 14.0 Å². The van der Waals surface area contributed by atoms with Crippen LogP contribution in [0.3, 0.4) is 0 Å². The molecule has 2 amide bonds. The van der Waals surface area contributed by atoms with E-state index in [4.69, 9.17) is 11.6 Å². The van der Waals surface area contributed by atoms with Gasteiger partial charge < -0.3 is 10.2 Å². The molecule has 0 aliphatic rings. The Kier molecular flexibility index (Phi) is 10.9. The molecule has 0 aromatic heterocycles. The number of benzene rings is 2. The molecule has 0 spiro atoms. The maximum absolute atomic E-state index is 14.0. The van der Waals surface area contributed by atoms with E-state index in [-0.39, 0.29) is 23.4 Å². The summed E-state index contributed by atoms with van der Waals surface area (Å²) in [6, 6.07) is 13.9. The molecule has 2 rings (SSSR count). The molecule has 0 aliphatic carbocycles. The third-order valence-electron chi connectivity index (χ3n) is 4.95. The van der Waals surface area contributed by atoms with E-state index in [9.17, 15) is 14.0 Å². The molecule has 0 radical (unpaired) electrons. The van der Waals surface area contributed by atoms with Crippen molar-refractivity contribution in [3.05, 3.63) is 70.5 Å². The molecule has 0 heterocycles. The Morgan fingerprint density at radius 2 is 1.87 bits per heavy atom. The number of carbonyl (C=O) groups excluding carboxylic acids is 2. The van der Waals surface area contributed by atoms with Crippen LogP contribution in [0, 0.1) is 5.82 Å². The Morgan fingerprint density at radius 1 is 1.13 bits per heavy atom.